The second-order valence-electron chi connectivity index (χ2n) is 5.51. The van der Waals surface area contributed by atoms with Crippen LogP contribution < -0.4 is 5.56 Å². The summed E-state index contributed by atoms with van der Waals surface area (Å²) in [5.41, 5.74) is 3.43. The molecule has 0 aliphatic carbocycles. The summed E-state index contributed by atoms with van der Waals surface area (Å²) in [7, 11) is 0. The van der Waals surface area contributed by atoms with Crippen molar-refractivity contribution in [1.29, 1.82) is 0 Å². The van der Waals surface area contributed by atoms with Gasteiger partial charge in [-0.25, -0.2) is 9.67 Å². The molecule has 6 nitrogen and oxygen atoms in total. The second kappa shape index (κ2) is 5.34. The van der Waals surface area contributed by atoms with Crippen molar-refractivity contribution in [3.05, 3.63) is 71.0 Å². The molecule has 0 atom stereocenters. The molecule has 4 aromatic rings. The highest BCUT2D eigenvalue weighted by molar-refractivity contribution is 5.89. The quantitative estimate of drug-likeness (QED) is 0.595. The van der Waals surface area contributed by atoms with Crippen LogP contribution in [0.1, 0.15) is 5.69 Å². The van der Waals surface area contributed by atoms with Crippen molar-refractivity contribution in [3.8, 4) is 22.6 Å². The SMILES string of the molecule is Cc1c(-c2cc(O)c3nc[nH]c(=O)c3c2)cnn1-c1ccccc1. The van der Waals surface area contributed by atoms with Crippen molar-refractivity contribution >= 4 is 10.9 Å². The summed E-state index contributed by atoms with van der Waals surface area (Å²) in [6.07, 6.45) is 3.01. The Hall–Kier alpha value is -3.41. The molecule has 24 heavy (non-hydrogen) atoms. The lowest BCUT2D eigenvalue weighted by Gasteiger charge is -2.07. The molecule has 0 amide bonds. The first kappa shape index (κ1) is 14.2. The van der Waals surface area contributed by atoms with Crippen LogP contribution >= 0.6 is 0 Å². The predicted molar refractivity (Wildman–Crippen MR) is 91.3 cm³/mol. The van der Waals surface area contributed by atoms with E-state index in [9.17, 15) is 9.90 Å². The molecule has 6 heteroatoms. The van der Waals surface area contributed by atoms with E-state index in [0.717, 1.165) is 22.5 Å². The van der Waals surface area contributed by atoms with Crippen LogP contribution in [0.4, 0.5) is 0 Å². The number of para-hydroxylation sites is 1. The number of phenolic OH excluding ortho intramolecular Hbond substituents is 1. The highest BCUT2D eigenvalue weighted by Crippen LogP contribution is 2.31. The Morgan fingerprint density at radius 3 is 2.75 bits per heavy atom. The number of aromatic amines is 1. The molecule has 2 aromatic heterocycles. The smallest absolute Gasteiger partial charge is 0.258 e. The number of hydrogen-bond donors (Lipinski definition) is 2. The van der Waals surface area contributed by atoms with Crippen LogP contribution in [-0.4, -0.2) is 24.9 Å². The number of rotatable bonds is 2. The first-order valence-corrected chi connectivity index (χ1v) is 7.46. The third-order valence-electron chi connectivity index (χ3n) is 4.05. The van der Waals surface area contributed by atoms with Crippen LogP contribution in [0.3, 0.4) is 0 Å². The van der Waals surface area contributed by atoms with Gasteiger partial charge in [-0.1, -0.05) is 18.2 Å². The lowest BCUT2D eigenvalue weighted by Crippen LogP contribution is -2.06. The van der Waals surface area contributed by atoms with Crippen LogP contribution in [0, 0.1) is 6.92 Å². The maximum absolute atomic E-state index is 12.0. The number of H-pyrrole nitrogens is 1. The fourth-order valence-electron chi connectivity index (χ4n) is 2.84. The van der Waals surface area contributed by atoms with Crippen molar-refractivity contribution in [1.82, 2.24) is 19.7 Å². The van der Waals surface area contributed by atoms with Gasteiger partial charge in [0.1, 0.15) is 11.3 Å². The largest absolute Gasteiger partial charge is 0.506 e. The van der Waals surface area contributed by atoms with Gasteiger partial charge < -0.3 is 10.1 Å². The molecule has 0 radical (unpaired) electrons. The van der Waals surface area contributed by atoms with Gasteiger partial charge in [0, 0.05) is 11.3 Å². The minimum Gasteiger partial charge on any atom is -0.506 e. The van der Waals surface area contributed by atoms with E-state index >= 15 is 0 Å². The highest BCUT2D eigenvalue weighted by Gasteiger charge is 2.14. The number of nitrogens with one attached hydrogen (secondary N) is 1. The molecular weight excluding hydrogens is 304 g/mol. The Morgan fingerprint density at radius 2 is 1.96 bits per heavy atom. The molecule has 0 aliphatic heterocycles. The molecule has 2 aromatic carbocycles. The molecule has 0 spiro atoms. The Labute approximate surface area is 137 Å². The maximum atomic E-state index is 12.0. The van der Waals surface area contributed by atoms with Crippen LogP contribution in [0.15, 0.2) is 59.8 Å². The van der Waals surface area contributed by atoms with Crippen LogP contribution in [0.2, 0.25) is 0 Å². The average Bonchev–Trinajstić information content (AvgIpc) is 2.98. The zero-order valence-electron chi connectivity index (χ0n) is 12.9. The van der Waals surface area contributed by atoms with E-state index in [1.165, 1.54) is 6.33 Å². The molecule has 0 saturated heterocycles. The van der Waals surface area contributed by atoms with E-state index in [4.69, 9.17) is 0 Å². The Balaban J connectivity index is 1.92. The highest BCUT2D eigenvalue weighted by atomic mass is 16.3. The number of phenols is 1. The standard InChI is InChI=1S/C18H14N4O2/c1-11-15(9-21-22(11)13-5-3-2-4-6-13)12-7-14-17(16(23)8-12)19-10-20-18(14)24/h2-10,23H,1H3,(H,19,20,24). The lowest BCUT2D eigenvalue weighted by molar-refractivity contribution is 0.480. The first-order valence-electron chi connectivity index (χ1n) is 7.46. The summed E-state index contributed by atoms with van der Waals surface area (Å²) in [6, 6.07) is 13.1. The van der Waals surface area contributed by atoms with Gasteiger partial charge in [0.25, 0.3) is 5.56 Å². The van der Waals surface area contributed by atoms with Gasteiger partial charge in [0.2, 0.25) is 0 Å². The van der Waals surface area contributed by atoms with E-state index in [1.54, 1.807) is 18.3 Å². The van der Waals surface area contributed by atoms with E-state index in [-0.39, 0.29) is 16.8 Å². The minimum atomic E-state index is -0.287. The fraction of sp³-hybridized carbons (Fsp3) is 0.0556. The van der Waals surface area contributed by atoms with Crippen molar-refractivity contribution in [2.45, 2.75) is 6.92 Å². The van der Waals surface area contributed by atoms with E-state index < -0.39 is 0 Å². The molecule has 4 rings (SSSR count). The third kappa shape index (κ3) is 2.16. The number of aromatic hydroxyl groups is 1. The number of benzene rings is 2. The van der Waals surface area contributed by atoms with Gasteiger partial charge in [0.05, 0.1) is 23.6 Å². The van der Waals surface area contributed by atoms with Crippen LogP contribution in [0.25, 0.3) is 27.7 Å². The Morgan fingerprint density at radius 1 is 1.17 bits per heavy atom. The first-order chi connectivity index (χ1) is 11.6. The fourth-order valence-corrected chi connectivity index (χ4v) is 2.84. The molecule has 2 heterocycles. The number of nitrogens with zero attached hydrogens (tertiary/aromatic N) is 3. The molecule has 0 fully saturated rings. The summed E-state index contributed by atoms with van der Waals surface area (Å²) < 4.78 is 1.82. The molecule has 0 saturated carbocycles. The van der Waals surface area contributed by atoms with E-state index in [2.05, 4.69) is 15.1 Å². The normalized spacial score (nSPS) is 11.0. The molecule has 0 unspecified atom stereocenters. The number of hydrogen-bond acceptors (Lipinski definition) is 4. The van der Waals surface area contributed by atoms with Gasteiger partial charge in [0.15, 0.2) is 0 Å². The summed E-state index contributed by atoms with van der Waals surface area (Å²) in [6.45, 7) is 1.95. The summed E-state index contributed by atoms with van der Waals surface area (Å²) in [5, 5.41) is 15.0. The van der Waals surface area contributed by atoms with Crippen LogP contribution in [-0.2, 0) is 0 Å². The lowest BCUT2D eigenvalue weighted by atomic mass is 10.0. The van der Waals surface area contributed by atoms with Gasteiger partial charge >= 0.3 is 0 Å². The zero-order valence-corrected chi connectivity index (χ0v) is 12.9. The average molecular weight is 318 g/mol. The van der Waals surface area contributed by atoms with Gasteiger partial charge in [-0.2, -0.15) is 5.10 Å². The Bertz CT molecular complexity index is 1100. The minimum absolute atomic E-state index is 0.0274. The van der Waals surface area contributed by atoms with Crippen molar-refractivity contribution < 1.29 is 5.11 Å². The van der Waals surface area contributed by atoms with Crippen LogP contribution in [0.5, 0.6) is 5.75 Å². The second-order valence-corrected chi connectivity index (χ2v) is 5.51. The third-order valence-corrected chi connectivity index (χ3v) is 4.05. The molecule has 0 aliphatic rings. The van der Waals surface area contributed by atoms with Crippen molar-refractivity contribution in [3.63, 3.8) is 0 Å². The maximum Gasteiger partial charge on any atom is 0.258 e. The molecule has 2 N–H and O–H groups in total. The molecular formula is C18H14N4O2. The van der Waals surface area contributed by atoms with Crippen molar-refractivity contribution in [2.24, 2.45) is 0 Å². The van der Waals surface area contributed by atoms with Gasteiger partial charge in [-0.3, -0.25) is 4.79 Å². The van der Waals surface area contributed by atoms with Gasteiger partial charge in [-0.05, 0) is 36.8 Å². The monoisotopic (exact) mass is 318 g/mol. The van der Waals surface area contributed by atoms with E-state index in [1.807, 2.05) is 41.9 Å². The molecule has 118 valence electrons. The number of aromatic nitrogens is 4. The Kier molecular flexibility index (Phi) is 3.16. The summed E-state index contributed by atoms with van der Waals surface area (Å²) >= 11 is 0. The number of fused-ring (bicyclic) bond motifs is 1. The predicted octanol–water partition coefficient (Wildman–Crippen LogP) is 2.79. The molecule has 0 bridgehead atoms. The zero-order chi connectivity index (χ0) is 16.7. The van der Waals surface area contributed by atoms with E-state index in [0.29, 0.717) is 5.39 Å². The van der Waals surface area contributed by atoms with Gasteiger partial charge in [-0.15, -0.1) is 0 Å². The summed E-state index contributed by atoms with van der Waals surface area (Å²) in [4.78, 5) is 18.6. The van der Waals surface area contributed by atoms with Crippen molar-refractivity contribution in [2.75, 3.05) is 0 Å². The summed E-state index contributed by atoms with van der Waals surface area (Å²) in [5.74, 6) is -0.0274. The topological polar surface area (TPSA) is 83.8 Å².